The number of aromatic nitrogens is 2. The van der Waals surface area contributed by atoms with Crippen molar-refractivity contribution in [1.82, 2.24) is 15.1 Å². The van der Waals surface area contributed by atoms with E-state index in [1.165, 1.54) is 7.11 Å². The fourth-order valence-corrected chi connectivity index (χ4v) is 5.13. The number of aryl methyl sites for hydroxylation is 1. The average molecular weight is 495 g/mol. The molecule has 0 radical (unpaired) electrons. The van der Waals surface area contributed by atoms with Gasteiger partial charge in [-0.1, -0.05) is 0 Å². The maximum absolute atomic E-state index is 13.4. The number of hydrogen-bond acceptors (Lipinski definition) is 7. The molecule has 0 unspecified atom stereocenters. The van der Waals surface area contributed by atoms with Gasteiger partial charge in [-0.2, -0.15) is 13.2 Å². The van der Waals surface area contributed by atoms with Crippen molar-refractivity contribution in [1.29, 1.82) is 0 Å². The smallest absolute Gasteiger partial charge is 0.416 e. The summed E-state index contributed by atoms with van der Waals surface area (Å²) in [6.45, 7) is 8.32. The maximum Gasteiger partial charge on any atom is 0.416 e. The highest BCUT2D eigenvalue weighted by molar-refractivity contribution is 5.73. The SMILES string of the molecule is COCOc1cc(C(F)(F)F)cc(C)c1-c1cc2c(nn1)N([C@@H]1CCCN(CC(C)(C)O)C1)CC2. The number of anilines is 1. The lowest BCUT2D eigenvalue weighted by Gasteiger charge is -2.40. The first-order valence-corrected chi connectivity index (χ1v) is 11.9. The minimum Gasteiger partial charge on any atom is -0.467 e. The number of hydrogen-bond donors (Lipinski definition) is 1. The largest absolute Gasteiger partial charge is 0.467 e. The summed E-state index contributed by atoms with van der Waals surface area (Å²) in [5, 5.41) is 19.2. The first-order valence-electron chi connectivity index (χ1n) is 11.9. The minimum atomic E-state index is -4.49. The number of alkyl halides is 3. The molecule has 1 aromatic heterocycles. The Kier molecular flexibility index (Phi) is 7.26. The lowest BCUT2D eigenvalue weighted by molar-refractivity contribution is -0.137. The van der Waals surface area contributed by atoms with Crippen molar-refractivity contribution >= 4 is 5.82 Å². The van der Waals surface area contributed by atoms with Crippen LogP contribution in [0.3, 0.4) is 0 Å². The van der Waals surface area contributed by atoms with Gasteiger partial charge >= 0.3 is 6.18 Å². The Morgan fingerprint density at radius 1 is 1.14 bits per heavy atom. The molecule has 0 aliphatic carbocycles. The quantitative estimate of drug-likeness (QED) is 0.583. The van der Waals surface area contributed by atoms with E-state index in [2.05, 4.69) is 20.0 Å². The zero-order valence-electron chi connectivity index (χ0n) is 20.7. The topological polar surface area (TPSA) is 71.0 Å². The Morgan fingerprint density at radius 2 is 1.91 bits per heavy atom. The van der Waals surface area contributed by atoms with Gasteiger partial charge in [-0.05, 0) is 70.3 Å². The molecule has 2 aliphatic heterocycles. The van der Waals surface area contributed by atoms with Crippen LogP contribution in [0.15, 0.2) is 18.2 Å². The zero-order valence-corrected chi connectivity index (χ0v) is 20.7. The molecule has 2 aliphatic rings. The summed E-state index contributed by atoms with van der Waals surface area (Å²) in [5.74, 6) is 0.894. The van der Waals surface area contributed by atoms with Crippen molar-refractivity contribution in [3.63, 3.8) is 0 Å². The van der Waals surface area contributed by atoms with Crippen LogP contribution in [0.4, 0.5) is 19.0 Å². The molecule has 1 fully saturated rings. The number of rotatable bonds is 7. The van der Waals surface area contributed by atoms with Crippen molar-refractivity contribution in [3.05, 3.63) is 34.9 Å². The molecule has 10 heteroatoms. The Bertz CT molecular complexity index is 1060. The number of aliphatic hydroxyl groups is 1. The number of methoxy groups -OCH3 is 1. The second-order valence-electron chi connectivity index (χ2n) is 10.1. The molecule has 0 saturated carbocycles. The van der Waals surface area contributed by atoms with Gasteiger partial charge < -0.3 is 19.5 Å². The van der Waals surface area contributed by atoms with E-state index < -0.39 is 17.3 Å². The van der Waals surface area contributed by atoms with Gasteiger partial charge in [-0.3, -0.25) is 4.90 Å². The third-order valence-corrected chi connectivity index (χ3v) is 6.49. The molecule has 4 rings (SSSR count). The van der Waals surface area contributed by atoms with E-state index in [1.807, 2.05) is 19.9 Å². The Hall–Kier alpha value is -2.43. The van der Waals surface area contributed by atoms with Crippen LogP contribution in [-0.2, 0) is 17.3 Å². The highest BCUT2D eigenvalue weighted by Crippen LogP contribution is 2.40. The molecule has 7 nitrogen and oxygen atoms in total. The molecular weight excluding hydrogens is 461 g/mol. The van der Waals surface area contributed by atoms with E-state index in [0.29, 0.717) is 23.4 Å². The van der Waals surface area contributed by atoms with Crippen LogP contribution in [0.2, 0.25) is 0 Å². The van der Waals surface area contributed by atoms with Crippen LogP contribution >= 0.6 is 0 Å². The van der Waals surface area contributed by atoms with Gasteiger partial charge in [0.05, 0.1) is 16.9 Å². The maximum atomic E-state index is 13.4. The number of β-amino-alcohol motifs (C(OH)–C–C–N with tert-alkyl or cyclic N) is 1. The Labute approximate surface area is 203 Å². The predicted octanol–water partition coefficient (Wildman–Crippen LogP) is 4.05. The molecule has 0 spiro atoms. The molecule has 0 amide bonds. The van der Waals surface area contributed by atoms with Crippen molar-refractivity contribution in [3.8, 4) is 17.0 Å². The van der Waals surface area contributed by atoms with Gasteiger partial charge in [0.25, 0.3) is 0 Å². The van der Waals surface area contributed by atoms with Crippen LogP contribution in [-0.4, -0.2) is 71.9 Å². The van der Waals surface area contributed by atoms with E-state index in [9.17, 15) is 18.3 Å². The summed E-state index contributed by atoms with van der Waals surface area (Å²) in [6, 6.07) is 4.28. The monoisotopic (exact) mass is 494 g/mol. The van der Waals surface area contributed by atoms with Crippen LogP contribution in [0, 0.1) is 6.92 Å². The summed E-state index contributed by atoms with van der Waals surface area (Å²) in [7, 11) is 1.41. The van der Waals surface area contributed by atoms with Gasteiger partial charge in [0.15, 0.2) is 12.6 Å². The number of likely N-dealkylation sites (tertiary alicyclic amines) is 1. The minimum absolute atomic E-state index is 0.0674. The van der Waals surface area contributed by atoms with Gasteiger partial charge in [0, 0.05) is 43.9 Å². The molecular formula is C25H33F3N4O3. The molecule has 1 atom stereocenters. The van der Waals surface area contributed by atoms with E-state index in [1.54, 1.807) is 6.92 Å². The van der Waals surface area contributed by atoms with Crippen molar-refractivity contribution in [2.24, 2.45) is 0 Å². The normalized spacial score (nSPS) is 19.2. The number of ether oxygens (including phenoxy) is 2. The fraction of sp³-hybridized carbons (Fsp3) is 0.600. The van der Waals surface area contributed by atoms with Crippen molar-refractivity contribution in [2.45, 2.75) is 57.9 Å². The lowest BCUT2D eigenvalue weighted by atomic mass is 9.99. The van der Waals surface area contributed by atoms with Crippen LogP contribution < -0.4 is 9.64 Å². The number of benzene rings is 1. The number of halogens is 3. The molecule has 192 valence electrons. The molecule has 1 aromatic carbocycles. The number of nitrogens with zero attached hydrogens (tertiary/aromatic N) is 4. The first kappa shape index (κ1) is 25.7. The summed E-state index contributed by atoms with van der Waals surface area (Å²) in [5.41, 5.74) is 0.865. The highest BCUT2D eigenvalue weighted by Gasteiger charge is 2.35. The Morgan fingerprint density at radius 3 is 2.60 bits per heavy atom. The van der Waals surface area contributed by atoms with Gasteiger partial charge in [-0.15, -0.1) is 10.2 Å². The van der Waals surface area contributed by atoms with Gasteiger partial charge in [-0.25, -0.2) is 0 Å². The molecule has 0 bridgehead atoms. The lowest BCUT2D eigenvalue weighted by Crippen LogP contribution is -2.51. The third kappa shape index (κ3) is 5.87. The molecule has 2 aromatic rings. The summed E-state index contributed by atoms with van der Waals surface area (Å²) in [4.78, 5) is 4.57. The molecule has 35 heavy (non-hydrogen) atoms. The van der Waals surface area contributed by atoms with E-state index in [4.69, 9.17) is 9.47 Å². The second-order valence-corrected chi connectivity index (χ2v) is 10.1. The van der Waals surface area contributed by atoms with Crippen LogP contribution in [0.5, 0.6) is 5.75 Å². The van der Waals surface area contributed by atoms with E-state index in [0.717, 1.165) is 62.4 Å². The van der Waals surface area contributed by atoms with E-state index >= 15 is 0 Å². The van der Waals surface area contributed by atoms with Gasteiger partial charge in [0.1, 0.15) is 5.75 Å². The van der Waals surface area contributed by atoms with Crippen LogP contribution in [0.25, 0.3) is 11.3 Å². The number of fused-ring (bicyclic) bond motifs is 1. The second kappa shape index (κ2) is 9.91. The predicted molar refractivity (Wildman–Crippen MR) is 127 cm³/mol. The summed E-state index contributed by atoms with van der Waals surface area (Å²) >= 11 is 0. The first-order chi connectivity index (χ1) is 16.5. The van der Waals surface area contributed by atoms with Gasteiger partial charge in [0.2, 0.25) is 0 Å². The number of piperidine rings is 1. The van der Waals surface area contributed by atoms with Crippen LogP contribution in [0.1, 0.15) is 43.4 Å². The zero-order chi connectivity index (χ0) is 25.4. The average Bonchev–Trinajstić information content (AvgIpc) is 3.19. The molecule has 1 saturated heterocycles. The van der Waals surface area contributed by atoms with E-state index in [-0.39, 0.29) is 18.6 Å². The van der Waals surface area contributed by atoms with Crippen molar-refractivity contribution in [2.75, 3.05) is 45.0 Å². The third-order valence-electron chi connectivity index (χ3n) is 6.49. The highest BCUT2D eigenvalue weighted by atomic mass is 19.4. The summed E-state index contributed by atoms with van der Waals surface area (Å²) < 4.78 is 50.6. The summed E-state index contributed by atoms with van der Waals surface area (Å²) in [6.07, 6.45) is -1.62. The Balaban J connectivity index is 1.61. The van der Waals surface area contributed by atoms with Crippen molar-refractivity contribution < 1.29 is 27.8 Å². The molecule has 1 N–H and O–H groups in total. The molecule has 3 heterocycles. The fourth-order valence-electron chi connectivity index (χ4n) is 5.13. The standard InChI is InChI=1S/C25H33F3N4O3/c1-16-10-18(25(26,27)28)12-21(35-15-34-4)22(16)20-11-17-7-9-32(23(17)30-29-20)19-6-5-8-31(13-19)14-24(2,3)33/h10-12,19,33H,5-9,13-15H2,1-4H3/t19-/m1/s1.